The van der Waals surface area contributed by atoms with Crippen LogP contribution in [-0.4, -0.2) is 30.1 Å². The lowest BCUT2D eigenvalue weighted by Gasteiger charge is -2.21. The molecule has 0 fully saturated rings. The molecule has 0 radical (unpaired) electrons. The van der Waals surface area contributed by atoms with Crippen LogP contribution in [0.1, 0.15) is 43.9 Å². The van der Waals surface area contributed by atoms with Crippen LogP contribution < -0.4 is 5.32 Å². The molecule has 0 saturated heterocycles. The molecule has 0 spiro atoms. The monoisotopic (exact) mass is 279 g/mol. The molecule has 1 rings (SSSR count). The molecule has 1 aromatic carbocycles. The summed E-state index contributed by atoms with van der Waals surface area (Å²) in [6.45, 7) is 6.00. The quantitative estimate of drug-likeness (QED) is 0.586. The lowest BCUT2D eigenvalue weighted by Crippen LogP contribution is -2.42. The van der Waals surface area contributed by atoms with E-state index in [9.17, 15) is 14.7 Å². The molecule has 0 bridgehead atoms. The Labute approximate surface area is 118 Å². The number of carbonyl (C=O) groups excluding carboxylic acids is 2. The van der Waals surface area contributed by atoms with Gasteiger partial charge in [-0.15, -0.1) is 0 Å². The summed E-state index contributed by atoms with van der Waals surface area (Å²) in [7, 11) is 0. The van der Waals surface area contributed by atoms with E-state index in [1.807, 2.05) is 12.1 Å². The average molecular weight is 279 g/mol. The molecular weight excluding hydrogens is 258 g/mol. The molecule has 5 heteroatoms. The first kappa shape index (κ1) is 16.2. The predicted molar refractivity (Wildman–Crippen MR) is 75.1 cm³/mol. The Morgan fingerprint density at radius 1 is 1.30 bits per heavy atom. The molecule has 110 valence electrons. The van der Waals surface area contributed by atoms with Crippen LogP contribution in [0.3, 0.4) is 0 Å². The molecule has 5 nitrogen and oxygen atoms in total. The normalized spacial score (nSPS) is 13.7. The lowest BCUT2D eigenvalue weighted by molar-refractivity contribution is -0.149. The number of aliphatic hydroxyl groups is 1. The summed E-state index contributed by atoms with van der Waals surface area (Å²) in [6, 6.07) is 6.19. The highest BCUT2D eigenvalue weighted by atomic mass is 16.5. The molecule has 1 amide bonds. The Bertz CT molecular complexity index is 442. The van der Waals surface area contributed by atoms with Gasteiger partial charge in [-0.2, -0.15) is 0 Å². The van der Waals surface area contributed by atoms with E-state index in [1.165, 1.54) is 0 Å². The molecule has 0 aliphatic carbocycles. The number of carbonyl (C=O) groups is 2. The first-order chi connectivity index (χ1) is 9.51. The van der Waals surface area contributed by atoms with Crippen molar-refractivity contribution in [1.82, 2.24) is 5.32 Å². The largest absolute Gasteiger partial charge is 0.464 e. The van der Waals surface area contributed by atoms with E-state index in [0.717, 1.165) is 5.56 Å². The van der Waals surface area contributed by atoms with Gasteiger partial charge in [0.2, 0.25) is 6.41 Å². The van der Waals surface area contributed by atoms with Gasteiger partial charge >= 0.3 is 5.97 Å². The average Bonchev–Trinajstić information content (AvgIpc) is 2.44. The number of nitrogens with one attached hydrogen (secondary N) is 1. The minimum Gasteiger partial charge on any atom is -0.464 e. The minimum atomic E-state index is -1.14. The van der Waals surface area contributed by atoms with E-state index in [1.54, 1.807) is 19.1 Å². The van der Waals surface area contributed by atoms with Crippen molar-refractivity contribution in [3.8, 4) is 0 Å². The summed E-state index contributed by atoms with van der Waals surface area (Å²) in [5, 5.41) is 12.5. The van der Waals surface area contributed by atoms with E-state index in [0.29, 0.717) is 17.9 Å². The van der Waals surface area contributed by atoms with E-state index >= 15 is 0 Å². The first-order valence-corrected chi connectivity index (χ1v) is 6.65. The van der Waals surface area contributed by atoms with Gasteiger partial charge in [-0.05, 0) is 24.0 Å². The molecule has 1 aromatic rings. The summed E-state index contributed by atoms with van der Waals surface area (Å²) in [5.41, 5.74) is 1.69. The summed E-state index contributed by atoms with van der Waals surface area (Å²) >= 11 is 0. The molecule has 2 unspecified atom stereocenters. The predicted octanol–water partition coefficient (Wildman–Crippen LogP) is 1.52. The Morgan fingerprint density at radius 3 is 2.30 bits per heavy atom. The van der Waals surface area contributed by atoms with E-state index in [2.05, 4.69) is 19.2 Å². The lowest BCUT2D eigenvalue weighted by atomic mass is 9.97. The Hall–Kier alpha value is -1.88. The zero-order chi connectivity index (χ0) is 15.1. The maximum absolute atomic E-state index is 11.7. The van der Waals surface area contributed by atoms with Crippen LogP contribution in [0, 0.1) is 0 Å². The van der Waals surface area contributed by atoms with Crippen molar-refractivity contribution in [3.05, 3.63) is 35.4 Å². The van der Waals surface area contributed by atoms with Crippen molar-refractivity contribution >= 4 is 12.4 Å². The number of ether oxygens (including phenoxy) is 1. The standard InChI is InChI=1S/C15H21NO4/c1-4-20-15(19)13(16-9-17)14(18)12-7-5-11(6-8-12)10(2)3/h5-10,13-14,18H,4H2,1-3H3,(H,16,17). The van der Waals surface area contributed by atoms with Crippen LogP contribution in [0.2, 0.25) is 0 Å². The van der Waals surface area contributed by atoms with Crippen LogP contribution in [0.25, 0.3) is 0 Å². The third-order valence-corrected chi connectivity index (χ3v) is 3.05. The second-order valence-electron chi connectivity index (χ2n) is 4.78. The minimum absolute atomic E-state index is 0.189. The maximum Gasteiger partial charge on any atom is 0.331 e. The number of hydrogen-bond acceptors (Lipinski definition) is 4. The number of amides is 1. The van der Waals surface area contributed by atoms with Gasteiger partial charge in [-0.1, -0.05) is 38.1 Å². The summed E-state index contributed by atoms with van der Waals surface area (Å²) in [6.07, 6.45) is -0.756. The highest BCUT2D eigenvalue weighted by Crippen LogP contribution is 2.21. The molecular formula is C15H21NO4. The van der Waals surface area contributed by atoms with Gasteiger partial charge in [0.05, 0.1) is 6.61 Å². The third-order valence-electron chi connectivity index (χ3n) is 3.05. The topological polar surface area (TPSA) is 75.6 Å². The fourth-order valence-electron chi connectivity index (χ4n) is 1.86. The van der Waals surface area contributed by atoms with Gasteiger partial charge < -0.3 is 15.2 Å². The van der Waals surface area contributed by atoms with Crippen molar-refractivity contribution in [2.75, 3.05) is 6.61 Å². The van der Waals surface area contributed by atoms with Crippen molar-refractivity contribution in [1.29, 1.82) is 0 Å². The fourth-order valence-corrected chi connectivity index (χ4v) is 1.86. The molecule has 0 saturated carbocycles. The van der Waals surface area contributed by atoms with Gasteiger partial charge in [0, 0.05) is 0 Å². The van der Waals surface area contributed by atoms with Crippen LogP contribution >= 0.6 is 0 Å². The Morgan fingerprint density at radius 2 is 1.85 bits per heavy atom. The summed E-state index contributed by atoms with van der Waals surface area (Å²) < 4.78 is 4.84. The highest BCUT2D eigenvalue weighted by molar-refractivity contribution is 5.79. The summed E-state index contributed by atoms with van der Waals surface area (Å²) in [4.78, 5) is 22.3. The molecule has 2 atom stereocenters. The Balaban J connectivity index is 2.90. The number of benzene rings is 1. The van der Waals surface area contributed by atoms with Gasteiger partial charge in [-0.25, -0.2) is 4.79 Å². The number of hydrogen-bond donors (Lipinski definition) is 2. The van der Waals surface area contributed by atoms with Crippen molar-refractivity contribution in [3.63, 3.8) is 0 Å². The fraction of sp³-hybridized carbons (Fsp3) is 0.467. The molecule has 0 aliphatic heterocycles. The Kier molecular flexibility index (Phi) is 6.18. The van der Waals surface area contributed by atoms with Gasteiger partial charge in [0.25, 0.3) is 0 Å². The molecule has 2 N–H and O–H groups in total. The van der Waals surface area contributed by atoms with Crippen molar-refractivity contribution in [2.24, 2.45) is 0 Å². The van der Waals surface area contributed by atoms with Crippen LogP contribution in [0.4, 0.5) is 0 Å². The number of rotatable bonds is 7. The van der Waals surface area contributed by atoms with E-state index in [-0.39, 0.29) is 6.61 Å². The zero-order valence-electron chi connectivity index (χ0n) is 12.0. The van der Waals surface area contributed by atoms with Gasteiger partial charge in [0.1, 0.15) is 6.10 Å². The van der Waals surface area contributed by atoms with Crippen molar-refractivity contribution in [2.45, 2.75) is 38.8 Å². The van der Waals surface area contributed by atoms with Crippen molar-refractivity contribution < 1.29 is 19.4 Å². The zero-order valence-corrected chi connectivity index (χ0v) is 12.0. The van der Waals surface area contributed by atoms with Gasteiger partial charge in [0.15, 0.2) is 6.04 Å². The maximum atomic E-state index is 11.7. The smallest absolute Gasteiger partial charge is 0.331 e. The second kappa shape index (κ2) is 7.65. The molecule has 20 heavy (non-hydrogen) atoms. The molecule has 0 heterocycles. The van der Waals surface area contributed by atoms with Crippen LogP contribution in [0.15, 0.2) is 24.3 Å². The highest BCUT2D eigenvalue weighted by Gasteiger charge is 2.28. The third kappa shape index (κ3) is 4.06. The number of esters is 1. The summed E-state index contributed by atoms with van der Waals surface area (Å²) in [5.74, 6) is -0.268. The second-order valence-corrected chi connectivity index (χ2v) is 4.78. The van der Waals surface area contributed by atoms with Crippen LogP contribution in [-0.2, 0) is 14.3 Å². The van der Waals surface area contributed by atoms with E-state index in [4.69, 9.17) is 4.74 Å². The van der Waals surface area contributed by atoms with E-state index < -0.39 is 18.1 Å². The molecule has 0 aromatic heterocycles. The van der Waals surface area contributed by atoms with Crippen LogP contribution in [0.5, 0.6) is 0 Å². The van der Waals surface area contributed by atoms with Gasteiger partial charge in [-0.3, -0.25) is 4.79 Å². The molecule has 0 aliphatic rings. The SMILES string of the molecule is CCOC(=O)C(NC=O)C(O)c1ccc(C(C)C)cc1. The number of aliphatic hydroxyl groups excluding tert-OH is 1. The first-order valence-electron chi connectivity index (χ1n) is 6.65.